The van der Waals surface area contributed by atoms with E-state index in [-0.39, 0.29) is 11.4 Å². The van der Waals surface area contributed by atoms with Crippen LogP contribution in [-0.2, 0) is 12.1 Å². The van der Waals surface area contributed by atoms with Gasteiger partial charge in [0, 0.05) is 41.6 Å². The van der Waals surface area contributed by atoms with Crippen molar-refractivity contribution in [2.75, 3.05) is 18.4 Å². The molecular weight excluding hydrogens is 425 g/mol. The second kappa shape index (κ2) is 8.96. The molecule has 0 radical (unpaired) electrons. The fraction of sp³-hybridized carbons (Fsp3) is 0.320. The molecule has 0 unspecified atom stereocenters. The van der Waals surface area contributed by atoms with Crippen molar-refractivity contribution >= 4 is 23.1 Å². The standard InChI is InChI=1S/C25H29ClFN5/c1-4-6-21(16-28)32-14-13-31-23(29-20-8-5-7-18(26)15-20)22(30-24(31)25(32,2)3)17-9-11-19(27)12-10-17/h5-12,15,29H,4,13-14,16,28H2,1-3H3/b21-6+. The lowest BCUT2D eigenvalue weighted by Gasteiger charge is -2.45. The molecule has 1 aliphatic heterocycles. The molecule has 4 rings (SSSR count). The molecule has 1 aliphatic rings. The van der Waals surface area contributed by atoms with Crippen LogP contribution in [0.15, 0.2) is 60.3 Å². The summed E-state index contributed by atoms with van der Waals surface area (Å²) in [6.45, 7) is 8.50. The largest absolute Gasteiger partial charge is 0.360 e. The van der Waals surface area contributed by atoms with Crippen LogP contribution in [0, 0.1) is 5.82 Å². The Labute approximate surface area is 193 Å². The van der Waals surface area contributed by atoms with E-state index in [1.807, 2.05) is 24.3 Å². The van der Waals surface area contributed by atoms with E-state index in [2.05, 4.69) is 41.6 Å². The van der Waals surface area contributed by atoms with E-state index in [4.69, 9.17) is 22.3 Å². The first-order valence-corrected chi connectivity index (χ1v) is 11.3. The predicted molar refractivity (Wildman–Crippen MR) is 130 cm³/mol. The zero-order valence-electron chi connectivity index (χ0n) is 18.7. The van der Waals surface area contributed by atoms with Crippen molar-refractivity contribution in [3.05, 3.63) is 77.0 Å². The summed E-state index contributed by atoms with van der Waals surface area (Å²) in [6, 6.07) is 14.1. The highest BCUT2D eigenvalue weighted by Gasteiger charge is 2.39. The second-order valence-corrected chi connectivity index (χ2v) is 8.88. The Morgan fingerprint density at radius 1 is 1.22 bits per heavy atom. The summed E-state index contributed by atoms with van der Waals surface area (Å²) in [7, 11) is 0. The van der Waals surface area contributed by atoms with Gasteiger partial charge in [-0.2, -0.15) is 0 Å². The molecule has 32 heavy (non-hydrogen) atoms. The van der Waals surface area contributed by atoms with Gasteiger partial charge in [-0.15, -0.1) is 0 Å². The molecule has 0 atom stereocenters. The zero-order chi connectivity index (χ0) is 22.9. The number of anilines is 2. The third kappa shape index (κ3) is 4.12. The number of hydrogen-bond acceptors (Lipinski definition) is 4. The molecule has 0 amide bonds. The van der Waals surface area contributed by atoms with Gasteiger partial charge in [-0.05, 0) is 62.7 Å². The van der Waals surface area contributed by atoms with Gasteiger partial charge in [-0.1, -0.05) is 30.7 Å². The van der Waals surface area contributed by atoms with Crippen LogP contribution in [0.1, 0.15) is 33.0 Å². The Hall–Kier alpha value is -2.83. The Morgan fingerprint density at radius 2 is 1.97 bits per heavy atom. The Kier molecular flexibility index (Phi) is 6.26. The van der Waals surface area contributed by atoms with Gasteiger partial charge in [0.05, 0.1) is 5.54 Å². The zero-order valence-corrected chi connectivity index (χ0v) is 19.5. The number of fused-ring (bicyclic) bond motifs is 1. The van der Waals surface area contributed by atoms with E-state index in [0.717, 1.165) is 53.8 Å². The van der Waals surface area contributed by atoms with E-state index in [1.165, 1.54) is 12.1 Å². The van der Waals surface area contributed by atoms with Gasteiger partial charge >= 0.3 is 0 Å². The Balaban J connectivity index is 1.85. The summed E-state index contributed by atoms with van der Waals surface area (Å²) < 4.78 is 15.8. The minimum absolute atomic E-state index is 0.272. The van der Waals surface area contributed by atoms with Gasteiger partial charge in [0.15, 0.2) is 0 Å². The van der Waals surface area contributed by atoms with E-state index in [1.54, 1.807) is 12.1 Å². The van der Waals surface area contributed by atoms with Crippen LogP contribution < -0.4 is 11.1 Å². The van der Waals surface area contributed by atoms with Gasteiger partial charge in [-0.25, -0.2) is 9.37 Å². The average molecular weight is 454 g/mol. The maximum Gasteiger partial charge on any atom is 0.138 e. The minimum atomic E-state index is -0.373. The van der Waals surface area contributed by atoms with E-state index >= 15 is 0 Å². The number of benzene rings is 2. The van der Waals surface area contributed by atoms with Gasteiger partial charge in [0.1, 0.15) is 23.2 Å². The van der Waals surface area contributed by atoms with Crippen LogP contribution in [0.2, 0.25) is 5.02 Å². The Morgan fingerprint density at radius 3 is 2.62 bits per heavy atom. The van der Waals surface area contributed by atoms with Crippen molar-refractivity contribution < 1.29 is 4.39 Å². The van der Waals surface area contributed by atoms with E-state index < -0.39 is 0 Å². The molecule has 7 heteroatoms. The van der Waals surface area contributed by atoms with Crippen molar-refractivity contribution in [3.8, 4) is 11.3 Å². The monoisotopic (exact) mass is 453 g/mol. The molecule has 1 aromatic heterocycles. The molecule has 2 heterocycles. The van der Waals surface area contributed by atoms with Crippen molar-refractivity contribution in [2.24, 2.45) is 5.73 Å². The minimum Gasteiger partial charge on any atom is -0.360 e. The number of halogens is 2. The van der Waals surface area contributed by atoms with Gasteiger partial charge in [-0.3, -0.25) is 0 Å². The molecule has 0 fully saturated rings. The number of allylic oxidation sites excluding steroid dienone is 1. The molecule has 0 saturated carbocycles. The number of nitrogens with zero attached hydrogens (tertiary/aromatic N) is 3. The fourth-order valence-corrected chi connectivity index (χ4v) is 4.61. The summed E-state index contributed by atoms with van der Waals surface area (Å²) in [6.07, 6.45) is 3.11. The van der Waals surface area contributed by atoms with Crippen molar-refractivity contribution in [2.45, 2.75) is 39.3 Å². The van der Waals surface area contributed by atoms with Gasteiger partial charge in [0.25, 0.3) is 0 Å². The first-order valence-electron chi connectivity index (χ1n) is 10.9. The van der Waals surface area contributed by atoms with E-state index in [0.29, 0.717) is 11.6 Å². The fourth-order valence-electron chi connectivity index (χ4n) is 4.42. The van der Waals surface area contributed by atoms with Crippen LogP contribution in [0.5, 0.6) is 0 Å². The number of rotatable bonds is 6. The summed E-state index contributed by atoms with van der Waals surface area (Å²) in [5.74, 6) is 1.53. The number of aromatic nitrogens is 2. The number of imidazole rings is 1. The van der Waals surface area contributed by atoms with Crippen LogP contribution in [0.4, 0.5) is 15.9 Å². The van der Waals surface area contributed by atoms with Crippen LogP contribution >= 0.6 is 11.6 Å². The normalized spacial score (nSPS) is 15.6. The lowest BCUT2D eigenvalue weighted by atomic mass is 9.97. The molecule has 0 bridgehead atoms. The highest BCUT2D eigenvalue weighted by molar-refractivity contribution is 6.30. The molecule has 0 saturated heterocycles. The first-order chi connectivity index (χ1) is 15.3. The topological polar surface area (TPSA) is 59.1 Å². The molecule has 168 valence electrons. The molecule has 0 spiro atoms. The third-order valence-corrected chi connectivity index (χ3v) is 6.17. The van der Waals surface area contributed by atoms with E-state index in [9.17, 15) is 4.39 Å². The molecule has 2 aromatic carbocycles. The summed E-state index contributed by atoms with van der Waals surface area (Å²) in [5.41, 5.74) is 9.35. The van der Waals surface area contributed by atoms with Crippen molar-refractivity contribution in [3.63, 3.8) is 0 Å². The molecule has 5 nitrogen and oxygen atoms in total. The molecule has 3 aromatic rings. The molecular formula is C25H29ClFN5. The maximum atomic E-state index is 13.6. The average Bonchev–Trinajstić information content (AvgIpc) is 3.13. The SMILES string of the molecule is CC/C=C(\CN)N1CCn2c(nc(-c3ccc(F)cc3)c2Nc2cccc(Cl)c2)C1(C)C. The first kappa shape index (κ1) is 22.4. The number of hydrogen-bond donors (Lipinski definition) is 2. The molecule has 3 N–H and O–H groups in total. The summed E-state index contributed by atoms with van der Waals surface area (Å²) in [5, 5.41) is 4.17. The Bertz CT molecular complexity index is 1130. The van der Waals surface area contributed by atoms with Crippen molar-refractivity contribution in [1.29, 1.82) is 0 Å². The summed E-state index contributed by atoms with van der Waals surface area (Å²) >= 11 is 6.22. The van der Waals surface area contributed by atoms with Crippen LogP contribution in [0.25, 0.3) is 11.3 Å². The highest BCUT2D eigenvalue weighted by Crippen LogP contribution is 2.41. The van der Waals surface area contributed by atoms with Crippen LogP contribution in [-0.4, -0.2) is 27.5 Å². The lowest BCUT2D eigenvalue weighted by molar-refractivity contribution is 0.117. The maximum absolute atomic E-state index is 13.6. The van der Waals surface area contributed by atoms with Gasteiger partial charge in [0.2, 0.25) is 0 Å². The molecule has 0 aliphatic carbocycles. The predicted octanol–water partition coefficient (Wildman–Crippen LogP) is 5.89. The quantitative estimate of drug-likeness (QED) is 0.488. The smallest absolute Gasteiger partial charge is 0.138 e. The second-order valence-electron chi connectivity index (χ2n) is 8.44. The number of nitrogens with two attached hydrogens (primary N) is 1. The number of nitrogens with one attached hydrogen (secondary N) is 1. The van der Waals surface area contributed by atoms with Crippen molar-refractivity contribution in [1.82, 2.24) is 14.5 Å². The van der Waals surface area contributed by atoms with Gasteiger partial charge < -0.3 is 20.5 Å². The third-order valence-electron chi connectivity index (χ3n) is 5.94. The summed E-state index contributed by atoms with van der Waals surface area (Å²) in [4.78, 5) is 7.43. The lowest BCUT2D eigenvalue weighted by Crippen LogP contribution is -2.49. The highest BCUT2D eigenvalue weighted by atomic mass is 35.5. The van der Waals surface area contributed by atoms with Crippen LogP contribution in [0.3, 0.4) is 0 Å².